The Morgan fingerprint density at radius 2 is 2.50 bits per heavy atom. The van der Waals surface area contributed by atoms with Crippen molar-refractivity contribution in [3.8, 4) is 0 Å². The van der Waals surface area contributed by atoms with Crippen LogP contribution in [0.5, 0.6) is 0 Å². The largest absolute Gasteiger partial charge is 0.281 e. The number of allylic oxidation sites excluding steroid dienone is 1. The van der Waals surface area contributed by atoms with E-state index < -0.39 is 0 Å². The highest BCUT2D eigenvalue weighted by molar-refractivity contribution is 6.63. The summed E-state index contributed by atoms with van der Waals surface area (Å²) in [5.41, 5.74) is 0. The zero-order chi connectivity index (χ0) is 6.57. The lowest BCUT2D eigenvalue weighted by Crippen LogP contribution is -1.94. The molecule has 0 aromatic heterocycles. The fraction of sp³-hybridized carbons (Fsp3) is 0.500. The van der Waals surface area contributed by atoms with E-state index in [1.807, 2.05) is 6.92 Å². The van der Waals surface area contributed by atoms with Crippen molar-refractivity contribution >= 4 is 16.8 Å². The summed E-state index contributed by atoms with van der Waals surface area (Å²) in [5.74, 6) is 0.208. The molecule has 0 unspecified atom stereocenters. The van der Waals surface area contributed by atoms with Gasteiger partial charge in [-0.15, -0.1) is 6.58 Å². The van der Waals surface area contributed by atoms with Crippen molar-refractivity contribution in [1.82, 2.24) is 0 Å². The summed E-state index contributed by atoms with van der Waals surface area (Å²) in [6, 6.07) is 0. The molecule has 0 fully saturated rings. The second-order valence-electron chi connectivity index (χ2n) is 1.77. The van der Waals surface area contributed by atoms with Crippen molar-refractivity contribution in [2.24, 2.45) is 5.92 Å². The van der Waals surface area contributed by atoms with Gasteiger partial charge in [0.1, 0.15) is 0 Å². The quantitative estimate of drug-likeness (QED) is 0.424. The van der Waals surface area contributed by atoms with Crippen LogP contribution in [0.3, 0.4) is 0 Å². The first kappa shape index (κ1) is 7.70. The van der Waals surface area contributed by atoms with Crippen LogP contribution in [0.2, 0.25) is 0 Å². The summed E-state index contributed by atoms with van der Waals surface area (Å²) in [6.45, 7) is 5.40. The number of carbonyl (C=O) groups excluding carboxylic acids is 1. The van der Waals surface area contributed by atoms with Gasteiger partial charge in [-0.3, -0.25) is 4.79 Å². The van der Waals surface area contributed by atoms with Gasteiger partial charge in [0, 0.05) is 6.42 Å². The summed E-state index contributed by atoms with van der Waals surface area (Å²) in [5, 5.41) is -0.294. The van der Waals surface area contributed by atoms with E-state index in [2.05, 4.69) is 6.58 Å². The highest BCUT2D eigenvalue weighted by Crippen LogP contribution is 2.03. The lowest BCUT2D eigenvalue weighted by molar-refractivity contribution is -0.112. The molecule has 0 saturated heterocycles. The Hall–Kier alpha value is -0.300. The highest BCUT2D eigenvalue weighted by atomic mass is 35.5. The minimum Gasteiger partial charge on any atom is -0.281 e. The molecular weight excluding hydrogens is 124 g/mol. The molecule has 0 aromatic carbocycles. The molecule has 0 saturated carbocycles. The van der Waals surface area contributed by atoms with E-state index in [1.54, 1.807) is 6.08 Å². The van der Waals surface area contributed by atoms with E-state index in [0.717, 1.165) is 0 Å². The van der Waals surface area contributed by atoms with Gasteiger partial charge in [0.25, 0.3) is 0 Å². The molecule has 0 aliphatic rings. The van der Waals surface area contributed by atoms with Gasteiger partial charge in [-0.25, -0.2) is 0 Å². The number of halogens is 1. The summed E-state index contributed by atoms with van der Waals surface area (Å²) >= 11 is 5.06. The van der Waals surface area contributed by atoms with E-state index in [-0.39, 0.29) is 11.2 Å². The second-order valence-corrected chi connectivity index (χ2v) is 2.19. The first-order valence-electron chi connectivity index (χ1n) is 2.47. The number of rotatable bonds is 3. The Balaban J connectivity index is 3.38. The van der Waals surface area contributed by atoms with E-state index in [1.165, 1.54) is 0 Å². The van der Waals surface area contributed by atoms with E-state index in [0.29, 0.717) is 6.42 Å². The number of carbonyl (C=O) groups is 1. The van der Waals surface area contributed by atoms with Crippen LogP contribution in [0.15, 0.2) is 12.7 Å². The minimum absolute atomic E-state index is 0.208. The fourth-order valence-corrected chi connectivity index (χ4v) is 0.580. The van der Waals surface area contributed by atoms with Crippen molar-refractivity contribution in [1.29, 1.82) is 0 Å². The Bertz CT molecular complexity index is 98.7. The zero-order valence-electron chi connectivity index (χ0n) is 4.86. The third-order valence-corrected chi connectivity index (χ3v) is 1.04. The van der Waals surface area contributed by atoms with Gasteiger partial charge in [0.05, 0.1) is 0 Å². The summed E-state index contributed by atoms with van der Waals surface area (Å²) < 4.78 is 0. The molecule has 0 aromatic rings. The molecular formula is C6H9ClO. The maximum Gasteiger partial charge on any atom is 0.222 e. The van der Waals surface area contributed by atoms with Gasteiger partial charge in [0.2, 0.25) is 5.24 Å². The third kappa shape index (κ3) is 3.88. The van der Waals surface area contributed by atoms with Crippen LogP contribution in [-0.4, -0.2) is 5.24 Å². The Labute approximate surface area is 54.3 Å². The van der Waals surface area contributed by atoms with Gasteiger partial charge in [-0.1, -0.05) is 13.0 Å². The lowest BCUT2D eigenvalue weighted by atomic mass is 10.1. The highest BCUT2D eigenvalue weighted by Gasteiger charge is 2.00. The van der Waals surface area contributed by atoms with Crippen LogP contribution in [0.25, 0.3) is 0 Å². The second kappa shape index (κ2) is 3.67. The average Bonchev–Trinajstić information content (AvgIpc) is 1.65. The molecule has 0 N–H and O–H groups in total. The summed E-state index contributed by atoms with van der Waals surface area (Å²) in [4.78, 5) is 10.1. The molecule has 0 spiro atoms. The van der Waals surface area contributed by atoms with Crippen LogP contribution < -0.4 is 0 Å². The molecule has 46 valence electrons. The number of hydrogen-bond acceptors (Lipinski definition) is 1. The molecule has 1 nitrogen and oxygen atoms in total. The van der Waals surface area contributed by atoms with Gasteiger partial charge in [-0.05, 0) is 17.5 Å². The third-order valence-electron chi connectivity index (χ3n) is 0.885. The van der Waals surface area contributed by atoms with E-state index in [9.17, 15) is 4.79 Å². The normalized spacial score (nSPS) is 12.8. The van der Waals surface area contributed by atoms with Crippen molar-refractivity contribution in [3.63, 3.8) is 0 Å². The van der Waals surface area contributed by atoms with Crippen molar-refractivity contribution in [3.05, 3.63) is 12.7 Å². The Morgan fingerprint density at radius 3 is 2.62 bits per heavy atom. The van der Waals surface area contributed by atoms with Crippen LogP contribution in [0.4, 0.5) is 0 Å². The Kier molecular flexibility index (Phi) is 3.53. The maximum atomic E-state index is 10.1. The lowest BCUT2D eigenvalue weighted by Gasteiger charge is -1.96. The summed E-state index contributed by atoms with van der Waals surface area (Å²) in [7, 11) is 0. The first-order valence-corrected chi connectivity index (χ1v) is 2.85. The number of hydrogen-bond donors (Lipinski definition) is 0. The standard InChI is InChI=1S/C6H9ClO/c1-3-5(2)4-6(7)8/h3,5H,1,4H2,2H3/t5-/m1/s1. The predicted molar refractivity (Wildman–Crippen MR) is 34.8 cm³/mol. The Morgan fingerprint density at radius 1 is 2.00 bits per heavy atom. The minimum atomic E-state index is -0.294. The fourth-order valence-electron chi connectivity index (χ4n) is 0.336. The van der Waals surface area contributed by atoms with Crippen LogP contribution in [-0.2, 0) is 4.79 Å². The average molecular weight is 133 g/mol. The van der Waals surface area contributed by atoms with Crippen molar-refractivity contribution in [2.45, 2.75) is 13.3 Å². The van der Waals surface area contributed by atoms with Gasteiger partial charge in [-0.2, -0.15) is 0 Å². The molecule has 0 radical (unpaired) electrons. The van der Waals surface area contributed by atoms with Crippen LogP contribution in [0, 0.1) is 5.92 Å². The molecule has 0 aliphatic carbocycles. The van der Waals surface area contributed by atoms with Gasteiger partial charge < -0.3 is 0 Å². The molecule has 2 heteroatoms. The van der Waals surface area contributed by atoms with E-state index in [4.69, 9.17) is 11.6 Å². The van der Waals surface area contributed by atoms with Gasteiger partial charge >= 0.3 is 0 Å². The zero-order valence-corrected chi connectivity index (χ0v) is 5.61. The SMILES string of the molecule is C=C[C@@H](C)CC(=O)Cl. The monoisotopic (exact) mass is 132 g/mol. The van der Waals surface area contributed by atoms with Crippen molar-refractivity contribution in [2.75, 3.05) is 0 Å². The predicted octanol–water partition coefficient (Wildman–Crippen LogP) is 1.96. The molecule has 0 aliphatic heterocycles. The maximum absolute atomic E-state index is 10.1. The van der Waals surface area contributed by atoms with Crippen LogP contribution in [0.1, 0.15) is 13.3 Å². The van der Waals surface area contributed by atoms with Gasteiger partial charge in [0.15, 0.2) is 0 Å². The smallest absolute Gasteiger partial charge is 0.222 e. The first-order chi connectivity index (χ1) is 3.66. The molecule has 0 bridgehead atoms. The molecule has 0 heterocycles. The van der Waals surface area contributed by atoms with Crippen molar-refractivity contribution < 1.29 is 4.79 Å². The molecule has 8 heavy (non-hydrogen) atoms. The molecule has 0 rings (SSSR count). The molecule has 0 amide bonds. The topological polar surface area (TPSA) is 17.1 Å². The van der Waals surface area contributed by atoms with E-state index >= 15 is 0 Å². The molecule has 1 atom stereocenters. The van der Waals surface area contributed by atoms with Crippen LogP contribution >= 0.6 is 11.6 Å². The summed E-state index contributed by atoms with van der Waals surface area (Å²) in [6.07, 6.45) is 2.10.